The van der Waals surface area contributed by atoms with E-state index in [4.69, 9.17) is 12.2 Å². The van der Waals surface area contributed by atoms with E-state index in [1.165, 1.54) is 0 Å². The van der Waals surface area contributed by atoms with Gasteiger partial charge in [-0.05, 0) is 23.7 Å². The summed E-state index contributed by atoms with van der Waals surface area (Å²) in [6.07, 6.45) is 3.34. The van der Waals surface area contributed by atoms with Crippen LogP contribution >= 0.6 is 12.2 Å². The number of nitrogens with one attached hydrogen (secondary N) is 2. The van der Waals surface area contributed by atoms with Gasteiger partial charge in [0.05, 0.1) is 0 Å². The minimum absolute atomic E-state index is 0.198. The molecule has 0 aliphatic heterocycles. The van der Waals surface area contributed by atoms with Crippen molar-refractivity contribution in [3.05, 3.63) is 18.5 Å². The van der Waals surface area contributed by atoms with Gasteiger partial charge in [0.2, 0.25) is 5.95 Å². The summed E-state index contributed by atoms with van der Waals surface area (Å²) in [5.74, 6) is 0.518. The van der Waals surface area contributed by atoms with Crippen LogP contribution in [0, 0.1) is 5.41 Å². The van der Waals surface area contributed by atoms with Gasteiger partial charge in [-0.3, -0.25) is 0 Å². The zero-order chi connectivity index (χ0) is 11.3. The number of hydrogen-bond acceptors (Lipinski definition) is 3. The van der Waals surface area contributed by atoms with E-state index in [2.05, 4.69) is 41.4 Å². The van der Waals surface area contributed by atoms with Crippen LogP contribution in [0.5, 0.6) is 0 Å². The lowest BCUT2D eigenvalue weighted by Crippen LogP contribution is -2.35. The van der Waals surface area contributed by atoms with Crippen LogP contribution in [0.15, 0.2) is 18.5 Å². The van der Waals surface area contributed by atoms with Gasteiger partial charge in [0, 0.05) is 18.9 Å². The largest absolute Gasteiger partial charge is 0.362 e. The second-order valence-electron chi connectivity index (χ2n) is 4.44. The molecule has 0 atom stereocenters. The first-order valence-electron chi connectivity index (χ1n) is 4.79. The van der Waals surface area contributed by atoms with Gasteiger partial charge in [0.25, 0.3) is 0 Å². The molecule has 0 amide bonds. The molecule has 0 aliphatic carbocycles. The van der Waals surface area contributed by atoms with Gasteiger partial charge < -0.3 is 10.6 Å². The molecule has 1 rings (SSSR count). The Hall–Kier alpha value is -1.23. The summed E-state index contributed by atoms with van der Waals surface area (Å²) >= 11 is 5.10. The van der Waals surface area contributed by atoms with Crippen LogP contribution in [-0.2, 0) is 0 Å². The first-order chi connectivity index (χ1) is 6.97. The molecule has 4 nitrogen and oxygen atoms in total. The summed E-state index contributed by atoms with van der Waals surface area (Å²) < 4.78 is 0. The molecule has 0 saturated carbocycles. The lowest BCUT2D eigenvalue weighted by atomic mass is 9.97. The Morgan fingerprint density at radius 1 is 1.33 bits per heavy atom. The third-order valence-corrected chi connectivity index (χ3v) is 1.82. The summed E-state index contributed by atoms with van der Waals surface area (Å²) in [7, 11) is 0. The molecule has 15 heavy (non-hydrogen) atoms. The number of thiocarbonyl (C=S) groups is 1. The molecule has 0 spiro atoms. The summed E-state index contributed by atoms with van der Waals surface area (Å²) in [5, 5.41) is 6.58. The Morgan fingerprint density at radius 3 is 2.47 bits per heavy atom. The molecule has 1 heterocycles. The highest BCUT2D eigenvalue weighted by molar-refractivity contribution is 7.80. The lowest BCUT2D eigenvalue weighted by Gasteiger charge is -2.19. The fraction of sp³-hybridized carbons (Fsp3) is 0.500. The maximum absolute atomic E-state index is 5.10. The molecule has 1 aromatic rings. The number of nitrogens with zero attached hydrogens (tertiary/aromatic N) is 2. The maximum atomic E-state index is 5.10. The minimum Gasteiger partial charge on any atom is -0.362 e. The predicted octanol–water partition coefficient (Wildman–Crippen LogP) is 1.81. The van der Waals surface area contributed by atoms with Crippen molar-refractivity contribution >= 4 is 23.3 Å². The minimum atomic E-state index is 0.198. The predicted molar refractivity (Wildman–Crippen MR) is 65.7 cm³/mol. The van der Waals surface area contributed by atoms with Crippen molar-refractivity contribution in [2.75, 3.05) is 11.9 Å². The van der Waals surface area contributed by atoms with Gasteiger partial charge in [-0.15, -0.1) is 0 Å². The molecule has 0 aromatic carbocycles. The molecular formula is C10H16N4S. The molecule has 0 saturated heterocycles. The third-order valence-electron chi connectivity index (χ3n) is 1.57. The van der Waals surface area contributed by atoms with Crippen LogP contribution in [0.25, 0.3) is 0 Å². The van der Waals surface area contributed by atoms with Crippen LogP contribution in [0.4, 0.5) is 5.95 Å². The molecule has 0 fully saturated rings. The molecule has 0 unspecified atom stereocenters. The lowest BCUT2D eigenvalue weighted by molar-refractivity contribution is 0.409. The Balaban J connectivity index is 2.38. The molecule has 0 bridgehead atoms. The van der Waals surface area contributed by atoms with Crippen molar-refractivity contribution in [1.82, 2.24) is 15.3 Å². The standard InChI is InChI=1S/C10H16N4S/c1-10(2,3)7-13-9(15)14-8-11-5-4-6-12-8/h4-6H,7H2,1-3H3,(H2,11,12,13,14,15). The SMILES string of the molecule is CC(C)(C)CNC(=S)Nc1ncccn1. The van der Waals surface area contributed by atoms with Crippen molar-refractivity contribution in [2.45, 2.75) is 20.8 Å². The number of rotatable bonds is 2. The molecule has 1 aromatic heterocycles. The van der Waals surface area contributed by atoms with Crippen LogP contribution in [-0.4, -0.2) is 21.6 Å². The molecule has 5 heteroatoms. The summed E-state index contributed by atoms with van der Waals surface area (Å²) in [6.45, 7) is 7.23. The first-order valence-corrected chi connectivity index (χ1v) is 5.20. The average Bonchev–Trinajstić information content (AvgIpc) is 2.15. The van der Waals surface area contributed by atoms with E-state index in [0.29, 0.717) is 11.1 Å². The topological polar surface area (TPSA) is 49.8 Å². The van der Waals surface area contributed by atoms with Crippen LogP contribution in [0.3, 0.4) is 0 Å². The molecule has 0 radical (unpaired) electrons. The zero-order valence-electron chi connectivity index (χ0n) is 9.24. The van der Waals surface area contributed by atoms with Gasteiger partial charge in [-0.25, -0.2) is 9.97 Å². The van der Waals surface area contributed by atoms with E-state index < -0.39 is 0 Å². The summed E-state index contributed by atoms with van der Waals surface area (Å²) in [6, 6.07) is 1.76. The molecular weight excluding hydrogens is 208 g/mol. The van der Waals surface area contributed by atoms with E-state index in [9.17, 15) is 0 Å². The van der Waals surface area contributed by atoms with Crippen LogP contribution < -0.4 is 10.6 Å². The Kier molecular flexibility index (Phi) is 3.96. The van der Waals surface area contributed by atoms with E-state index in [1.807, 2.05) is 0 Å². The molecule has 0 aliphatic rings. The number of aromatic nitrogens is 2. The van der Waals surface area contributed by atoms with Crippen molar-refractivity contribution in [3.63, 3.8) is 0 Å². The zero-order valence-corrected chi connectivity index (χ0v) is 10.1. The Bertz CT molecular complexity index is 318. The summed E-state index contributed by atoms with van der Waals surface area (Å²) in [4.78, 5) is 8.03. The third kappa shape index (κ3) is 5.27. The summed E-state index contributed by atoms with van der Waals surface area (Å²) in [5.41, 5.74) is 0.198. The first kappa shape index (κ1) is 11.8. The number of anilines is 1. The normalized spacial score (nSPS) is 10.9. The van der Waals surface area contributed by atoms with Crippen LogP contribution in [0.1, 0.15) is 20.8 Å². The van der Waals surface area contributed by atoms with Crippen molar-refractivity contribution in [2.24, 2.45) is 5.41 Å². The van der Waals surface area contributed by atoms with Crippen LogP contribution in [0.2, 0.25) is 0 Å². The fourth-order valence-electron chi connectivity index (χ4n) is 0.855. The van der Waals surface area contributed by atoms with Gasteiger partial charge in [0.15, 0.2) is 5.11 Å². The highest BCUT2D eigenvalue weighted by Gasteiger charge is 2.10. The van der Waals surface area contributed by atoms with Crippen molar-refractivity contribution in [1.29, 1.82) is 0 Å². The second-order valence-corrected chi connectivity index (χ2v) is 4.85. The highest BCUT2D eigenvalue weighted by Crippen LogP contribution is 2.10. The fourth-order valence-corrected chi connectivity index (χ4v) is 1.02. The molecule has 82 valence electrons. The van der Waals surface area contributed by atoms with E-state index >= 15 is 0 Å². The second kappa shape index (κ2) is 5.02. The monoisotopic (exact) mass is 224 g/mol. The van der Waals surface area contributed by atoms with E-state index in [1.54, 1.807) is 18.5 Å². The smallest absolute Gasteiger partial charge is 0.228 e. The van der Waals surface area contributed by atoms with E-state index in [0.717, 1.165) is 6.54 Å². The van der Waals surface area contributed by atoms with E-state index in [-0.39, 0.29) is 5.41 Å². The Morgan fingerprint density at radius 2 is 1.93 bits per heavy atom. The molecule has 2 N–H and O–H groups in total. The average molecular weight is 224 g/mol. The van der Waals surface area contributed by atoms with Gasteiger partial charge in [-0.2, -0.15) is 0 Å². The number of hydrogen-bond donors (Lipinski definition) is 2. The van der Waals surface area contributed by atoms with Gasteiger partial charge >= 0.3 is 0 Å². The Labute approximate surface area is 95.5 Å². The quantitative estimate of drug-likeness (QED) is 0.750. The maximum Gasteiger partial charge on any atom is 0.228 e. The van der Waals surface area contributed by atoms with Gasteiger partial charge in [-0.1, -0.05) is 20.8 Å². The highest BCUT2D eigenvalue weighted by atomic mass is 32.1. The van der Waals surface area contributed by atoms with Gasteiger partial charge in [0.1, 0.15) is 0 Å². The van der Waals surface area contributed by atoms with Crippen molar-refractivity contribution < 1.29 is 0 Å². The van der Waals surface area contributed by atoms with Crippen molar-refractivity contribution in [3.8, 4) is 0 Å².